The molecule has 26 heavy (non-hydrogen) atoms. The fourth-order valence-electron chi connectivity index (χ4n) is 2.00. The van der Waals surface area contributed by atoms with Gasteiger partial charge in [0, 0.05) is 35.5 Å². The molecule has 0 fully saturated rings. The van der Waals surface area contributed by atoms with Crippen LogP contribution in [0.25, 0.3) is 0 Å². The second-order valence-corrected chi connectivity index (χ2v) is 6.65. The van der Waals surface area contributed by atoms with E-state index in [2.05, 4.69) is 10.6 Å². The summed E-state index contributed by atoms with van der Waals surface area (Å²) in [6, 6.07) is 8.81. The molecule has 2 amide bonds. The molecule has 1 aromatic carbocycles. The molecule has 0 unspecified atom stereocenters. The van der Waals surface area contributed by atoms with E-state index < -0.39 is 5.97 Å². The van der Waals surface area contributed by atoms with Gasteiger partial charge in [0.1, 0.15) is 0 Å². The summed E-state index contributed by atoms with van der Waals surface area (Å²) in [5.74, 6) is -1.02. The summed E-state index contributed by atoms with van der Waals surface area (Å²) in [6.45, 7) is 0.377. The molecule has 0 saturated heterocycles. The number of esters is 1. The van der Waals surface area contributed by atoms with Gasteiger partial charge in [-0.25, -0.2) is 0 Å². The lowest BCUT2D eigenvalue weighted by Crippen LogP contribution is -2.28. The molecule has 0 aliphatic heterocycles. The van der Waals surface area contributed by atoms with Gasteiger partial charge in [0.15, 0.2) is 6.61 Å². The number of rotatable bonds is 9. The maximum Gasteiger partial charge on any atom is 0.306 e. The van der Waals surface area contributed by atoms with Crippen LogP contribution in [0.3, 0.4) is 0 Å². The lowest BCUT2D eigenvalue weighted by molar-refractivity contribution is -0.148. The monoisotopic (exact) mass is 394 g/mol. The van der Waals surface area contributed by atoms with Gasteiger partial charge in [-0.3, -0.25) is 14.4 Å². The lowest BCUT2D eigenvalue weighted by atomic mass is 10.2. The van der Waals surface area contributed by atoms with Crippen LogP contribution in [0.15, 0.2) is 41.1 Å². The predicted molar refractivity (Wildman–Crippen MR) is 100 cm³/mol. The molecule has 8 heteroatoms. The van der Waals surface area contributed by atoms with Gasteiger partial charge in [-0.05, 0) is 35.6 Å². The van der Waals surface area contributed by atoms with Crippen molar-refractivity contribution in [3.05, 3.63) is 57.2 Å². The van der Waals surface area contributed by atoms with Crippen LogP contribution in [-0.2, 0) is 20.9 Å². The van der Waals surface area contributed by atoms with Crippen LogP contribution in [0.1, 0.15) is 28.8 Å². The summed E-state index contributed by atoms with van der Waals surface area (Å²) in [5.41, 5.74) is 1.50. The third kappa shape index (κ3) is 7.25. The second kappa shape index (κ2) is 10.6. The molecule has 0 atom stereocenters. The molecular formula is C18H19ClN2O4S. The van der Waals surface area contributed by atoms with Gasteiger partial charge in [-0.2, -0.15) is 11.3 Å². The minimum atomic E-state index is -0.476. The first-order valence-electron chi connectivity index (χ1n) is 8.02. The minimum absolute atomic E-state index is 0.133. The Labute approximate surface area is 160 Å². The van der Waals surface area contributed by atoms with Crippen LogP contribution in [0.2, 0.25) is 5.02 Å². The topological polar surface area (TPSA) is 84.5 Å². The van der Waals surface area contributed by atoms with Crippen LogP contribution in [0.5, 0.6) is 0 Å². The summed E-state index contributed by atoms with van der Waals surface area (Å²) in [6.07, 6.45) is 0.579. The lowest BCUT2D eigenvalue weighted by Gasteiger charge is -2.07. The predicted octanol–water partition coefficient (Wildman–Crippen LogP) is 2.77. The number of carbonyl (C=O) groups is 3. The number of hydrogen-bond donors (Lipinski definition) is 2. The van der Waals surface area contributed by atoms with Crippen LogP contribution < -0.4 is 10.6 Å². The van der Waals surface area contributed by atoms with Gasteiger partial charge in [0.2, 0.25) is 0 Å². The van der Waals surface area contributed by atoms with Crippen molar-refractivity contribution in [2.75, 3.05) is 13.2 Å². The van der Waals surface area contributed by atoms with Crippen molar-refractivity contribution in [3.8, 4) is 0 Å². The van der Waals surface area contributed by atoms with Gasteiger partial charge in [-0.1, -0.05) is 23.7 Å². The number of thiophene rings is 1. The maximum absolute atomic E-state index is 11.7. The molecule has 6 nitrogen and oxygen atoms in total. The van der Waals surface area contributed by atoms with Gasteiger partial charge < -0.3 is 15.4 Å². The molecule has 1 heterocycles. The normalized spacial score (nSPS) is 10.2. The number of carbonyl (C=O) groups excluding carboxylic acids is 3. The number of ether oxygens (including phenoxy) is 1. The smallest absolute Gasteiger partial charge is 0.306 e. The molecule has 0 bridgehead atoms. The molecule has 0 radical (unpaired) electrons. The Hall–Kier alpha value is -2.38. The van der Waals surface area contributed by atoms with Crippen molar-refractivity contribution in [1.29, 1.82) is 0 Å². The third-order valence-electron chi connectivity index (χ3n) is 3.39. The molecular weight excluding hydrogens is 376 g/mol. The Morgan fingerprint density at radius 3 is 2.54 bits per heavy atom. The Balaban J connectivity index is 1.54. The van der Waals surface area contributed by atoms with E-state index in [1.165, 1.54) is 11.3 Å². The highest BCUT2D eigenvalue weighted by Gasteiger charge is 2.09. The first-order chi connectivity index (χ1) is 12.5. The molecule has 138 valence electrons. The molecule has 0 saturated carbocycles. The first-order valence-corrected chi connectivity index (χ1v) is 9.34. The van der Waals surface area contributed by atoms with Gasteiger partial charge in [0.05, 0.1) is 0 Å². The maximum atomic E-state index is 11.7. The quantitative estimate of drug-likeness (QED) is 0.506. The summed E-state index contributed by atoms with van der Waals surface area (Å²) in [7, 11) is 0. The summed E-state index contributed by atoms with van der Waals surface area (Å²) in [4.78, 5) is 35.0. The highest BCUT2D eigenvalue weighted by atomic mass is 35.5. The number of hydrogen-bond acceptors (Lipinski definition) is 5. The van der Waals surface area contributed by atoms with Gasteiger partial charge >= 0.3 is 5.97 Å². The Kier molecular flexibility index (Phi) is 8.11. The number of halogens is 1. The molecule has 0 spiro atoms. The van der Waals surface area contributed by atoms with E-state index in [4.69, 9.17) is 16.3 Å². The zero-order valence-corrected chi connectivity index (χ0v) is 15.6. The van der Waals surface area contributed by atoms with Crippen molar-refractivity contribution in [2.24, 2.45) is 0 Å². The van der Waals surface area contributed by atoms with Crippen molar-refractivity contribution in [2.45, 2.75) is 19.4 Å². The van der Waals surface area contributed by atoms with E-state index in [9.17, 15) is 14.4 Å². The standard InChI is InChI=1S/C18H19ClN2O4S/c19-15-5-3-13(4-6-15)10-21-16(22)11-25-17(23)2-1-8-20-18(24)14-7-9-26-12-14/h3-7,9,12H,1-2,8,10-11H2,(H,20,24)(H,21,22). The minimum Gasteiger partial charge on any atom is -0.456 e. The number of amides is 2. The highest BCUT2D eigenvalue weighted by Crippen LogP contribution is 2.09. The van der Waals surface area contributed by atoms with E-state index in [0.717, 1.165) is 5.56 Å². The summed E-state index contributed by atoms with van der Waals surface area (Å²) >= 11 is 7.23. The Morgan fingerprint density at radius 1 is 1.08 bits per heavy atom. The number of benzene rings is 1. The first kappa shape index (κ1) is 19.9. The molecule has 2 aromatic rings. The van der Waals surface area contributed by atoms with Crippen LogP contribution in [-0.4, -0.2) is 30.9 Å². The molecule has 0 aliphatic carbocycles. The summed E-state index contributed by atoms with van der Waals surface area (Å²) in [5, 5.41) is 9.58. The largest absolute Gasteiger partial charge is 0.456 e. The second-order valence-electron chi connectivity index (χ2n) is 5.44. The van der Waals surface area contributed by atoms with Crippen molar-refractivity contribution in [1.82, 2.24) is 10.6 Å². The van der Waals surface area contributed by atoms with Crippen LogP contribution in [0, 0.1) is 0 Å². The zero-order chi connectivity index (χ0) is 18.8. The SMILES string of the molecule is O=C(COC(=O)CCCNC(=O)c1ccsc1)NCc1ccc(Cl)cc1. The van der Waals surface area contributed by atoms with Gasteiger partial charge in [-0.15, -0.1) is 0 Å². The molecule has 2 N–H and O–H groups in total. The highest BCUT2D eigenvalue weighted by molar-refractivity contribution is 7.08. The number of nitrogens with one attached hydrogen (secondary N) is 2. The van der Waals surface area contributed by atoms with Crippen molar-refractivity contribution >= 4 is 40.7 Å². The Morgan fingerprint density at radius 2 is 1.85 bits per heavy atom. The van der Waals surface area contributed by atoms with E-state index in [1.54, 1.807) is 35.7 Å². The average Bonchev–Trinajstić information content (AvgIpc) is 3.17. The zero-order valence-electron chi connectivity index (χ0n) is 14.0. The molecule has 2 rings (SSSR count). The van der Waals surface area contributed by atoms with Crippen molar-refractivity contribution in [3.63, 3.8) is 0 Å². The third-order valence-corrected chi connectivity index (χ3v) is 4.33. The van der Waals surface area contributed by atoms with Crippen molar-refractivity contribution < 1.29 is 19.1 Å². The fraction of sp³-hybridized carbons (Fsp3) is 0.278. The van der Waals surface area contributed by atoms with Crippen LogP contribution >= 0.6 is 22.9 Å². The van der Waals surface area contributed by atoms with E-state index in [1.807, 2.05) is 5.38 Å². The van der Waals surface area contributed by atoms with E-state index in [0.29, 0.717) is 30.1 Å². The Bertz CT molecular complexity index is 732. The average molecular weight is 395 g/mol. The van der Waals surface area contributed by atoms with E-state index in [-0.39, 0.29) is 24.8 Å². The van der Waals surface area contributed by atoms with E-state index >= 15 is 0 Å². The van der Waals surface area contributed by atoms with Crippen LogP contribution in [0.4, 0.5) is 0 Å². The molecule has 1 aromatic heterocycles. The summed E-state index contributed by atoms with van der Waals surface area (Å²) < 4.78 is 4.91. The fourth-order valence-corrected chi connectivity index (χ4v) is 2.76. The van der Waals surface area contributed by atoms with Gasteiger partial charge in [0.25, 0.3) is 11.8 Å². The molecule has 0 aliphatic rings.